The first-order valence-electron chi connectivity index (χ1n) is 9.32. The zero-order valence-electron chi connectivity index (χ0n) is 15.6. The van der Waals surface area contributed by atoms with E-state index in [-0.39, 0.29) is 12.5 Å². The Balaban J connectivity index is 1.38. The van der Waals surface area contributed by atoms with Crippen LogP contribution in [0.15, 0.2) is 47.9 Å². The minimum atomic E-state index is -0.477. The molecule has 1 saturated heterocycles. The van der Waals surface area contributed by atoms with Gasteiger partial charge in [-0.3, -0.25) is 4.79 Å². The largest absolute Gasteiger partial charge is 0.452 e. The molecule has 1 amide bonds. The van der Waals surface area contributed by atoms with Crippen molar-refractivity contribution in [2.75, 3.05) is 19.7 Å². The van der Waals surface area contributed by atoms with Gasteiger partial charge in [-0.1, -0.05) is 30.3 Å². The van der Waals surface area contributed by atoms with Gasteiger partial charge in [-0.25, -0.2) is 4.79 Å². The molecule has 2 heterocycles. The molecule has 0 unspecified atom stereocenters. The third-order valence-electron chi connectivity index (χ3n) is 4.94. The molecule has 0 saturated carbocycles. The van der Waals surface area contributed by atoms with Crippen molar-refractivity contribution in [3.05, 3.63) is 63.9 Å². The molecule has 27 heavy (non-hydrogen) atoms. The molecule has 1 aliphatic heterocycles. The van der Waals surface area contributed by atoms with Crippen molar-refractivity contribution in [1.29, 1.82) is 0 Å². The fraction of sp³-hybridized carbons (Fsp3) is 0.364. The van der Waals surface area contributed by atoms with Crippen LogP contribution in [0.3, 0.4) is 0 Å². The van der Waals surface area contributed by atoms with Gasteiger partial charge in [0.1, 0.15) is 0 Å². The number of hydrogen-bond acceptors (Lipinski definition) is 4. The first-order chi connectivity index (χ1) is 13.1. The maximum Gasteiger partial charge on any atom is 0.331 e. The van der Waals surface area contributed by atoms with Crippen molar-refractivity contribution in [2.45, 2.75) is 26.2 Å². The van der Waals surface area contributed by atoms with E-state index in [0.29, 0.717) is 5.92 Å². The molecule has 2 aromatic rings. The van der Waals surface area contributed by atoms with Gasteiger partial charge in [0.25, 0.3) is 5.91 Å². The van der Waals surface area contributed by atoms with Crippen LogP contribution in [0, 0.1) is 12.8 Å². The molecule has 0 aliphatic carbocycles. The zero-order chi connectivity index (χ0) is 19.1. The fourth-order valence-electron chi connectivity index (χ4n) is 3.31. The van der Waals surface area contributed by atoms with Crippen LogP contribution in [0.2, 0.25) is 0 Å². The van der Waals surface area contributed by atoms with E-state index in [2.05, 4.69) is 24.3 Å². The molecule has 1 aromatic carbocycles. The van der Waals surface area contributed by atoms with Gasteiger partial charge in [-0.15, -0.1) is 11.3 Å². The maximum atomic E-state index is 12.3. The Labute approximate surface area is 164 Å². The molecule has 0 spiro atoms. The summed E-state index contributed by atoms with van der Waals surface area (Å²) >= 11 is 1.57. The number of rotatable bonds is 6. The molecule has 0 radical (unpaired) electrons. The van der Waals surface area contributed by atoms with E-state index in [1.807, 2.05) is 29.3 Å². The molecule has 1 fully saturated rings. The fourth-order valence-corrected chi connectivity index (χ4v) is 4.12. The lowest BCUT2D eigenvalue weighted by Crippen LogP contribution is -2.41. The van der Waals surface area contributed by atoms with Gasteiger partial charge < -0.3 is 9.64 Å². The Morgan fingerprint density at radius 3 is 2.59 bits per heavy atom. The molecule has 142 valence electrons. The molecule has 3 rings (SSSR count). The Morgan fingerprint density at radius 2 is 1.93 bits per heavy atom. The lowest BCUT2D eigenvalue weighted by molar-refractivity contribution is -0.148. The molecule has 0 N–H and O–H groups in total. The minimum Gasteiger partial charge on any atom is -0.452 e. The molecule has 1 aliphatic rings. The van der Waals surface area contributed by atoms with Crippen molar-refractivity contribution < 1.29 is 14.3 Å². The maximum absolute atomic E-state index is 12.3. The minimum absolute atomic E-state index is 0.109. The first-order valence-corrected chi connectivity index (χ1v) is 10.2. The summed E-state index contributed by atoms with van der Waals surface area (Å²) in [6, 6.07) is 12.5. The highest BCUT2D eigenvalue weighted by Crippen LogP contribution is 2.22. The number of benzene rings is 1. The van der Waals surface area contributed by atoms with Gasteiger partial charge in [0.15, 0.2) is 6.61 Å². The Morgan fingerprint density at radius 1 is 1.19 bits per heavy atom. The van der Waals surface area contributed by atoms with Gasteiger partial charge in [0.2, 0.25) is 0 Å². The van der Waals surface area contributed by atoms with Crippen molar-refractivity contribution in [3.8, 4) is 0 Å². The number of thiophene rings is 1. The van der Waals surface area contributed by atoms with Crippen molar-refractivity contribution in [2.24, 2.45) is 5.92 Å². The average molecular weight is 384 g/mol. The van der Waals surface area contributed by atoms with Crippen LogP contribution in [0.25, 0.3) is 6.08 Å². The lowest BCUT2D eigenvalue weighted by atomic mass is 9.90. The average Bonchev–Trinajstić information content (AvgIpc) is 3.10. The van der Waals surface area contributed by atoms with Crippen LogP contribution in [0.5, 0.6) is 0 Å². The van der Waals surface area contributed by atoms with Crippen LogP contribution >= 0.6 is 11.3 Å². The van der Waals surface area contributed by atoms with E-state index in [1.165, 1.54) is 11.6 Å². The summed E-state index contributed by atoms with van der Waals surface area (Å²) in [5, 5.41) is 1.98. The van der Waals surface area contributed by atoms with E-state index in [4.69, 9.17) is 4.74 Å². The van der Waals surface area contributed by atoms with E-state index < -0.39 is 5.97 Å². The summed E-state index contributed by atoms with van der Waals surface area (Å²) in [5.74, 6) is 0.0216. The van der Waals surface area contributed by atoms with Crippen molar-refractivity contribution >= 4 is 29.3 Å². The number of amides is 1. The second kappa shape index (κ2) is 9.51. The van der Waals surface area contributed by atoms with Gasteiger partial charge >= 0.3 is 5.97 Å². The standard InChI is InChI=1S/C22H25NO3S/c1-17-11-14-27-20(17)7-8-22(25)26-16-21(24)23-12-9-19(10-13-23)15-18-5-3-2-4-6-18/h2-8,11,14,19H,9-10,12-13,15-16H2,1H3/b8-7+. The van der Waals surface area contributed by atoms with E-state index >= 15 is 0 Å². The van der Waals surface area contributed by atoms with Crippen LogP contribution in [0.4, 0.5) is 0 Å². The summed E-state index contributed by atoms with van der Waals surface area (Å²) in [7, 11) is 0. The number of ether oxygens (including phenoxy) is 1. The normalized spacial score (nSPS) is 15.2. The summed E-state index contributed by atoms with van der Waals surface area (Å²) in [6.07, 6.45) is 6.17. The highest BCUT2D eigenvalue weighted by molar-refractivity contribution is 7.11. The van der Waals surface area contributed by atoms with Gasteiger partial charge in [-0.2, -0.15) is 0 Å². The van der Waals surface area contributed by atoms with E-state index in [9.17, 15) is 9.59 Å². The summed E-state index contributed by atoms with van der Waals surface area (Å²) in [5.41, 5.74) is 2.47. The second-order valence-electron chi connectivity index (χ2n) is 6.92. The van der Waals surface area contributed by atoms with Crippen molar-refractivity contribution in [1.82, 2.24) is 4.90 Å². The third kappa shape index (κ3) is 5.79. The number of carbonyl (C=O) groups excluding carboxylic acids is 2. The summed E-state index contributed by atoms with van der Waals surface area (Å²) < 4.78 is 5.11. The number of carbonyl (C=O) groups is 2. The highest BCUT2D eigenvalue weighted by Gasteiger charge is 2.23. The predicted octanol–water partition coefficient (Wildman–Crippen LogP) is 4.09. The van der Waals surface area contributed by atoms with Gasteiger partial charge in [0.05, 0.1) is 0 Å². The predicted molar refractivity (Wildman–Crippen MR) is 108 cm³/mol. The van der Waals surface area contributed by atoms with Crippen LogP contribution < -0.4 is 0 Å². The lowest BCUT2D eigenvalue weighted by Gasteiger charge is -2.32. The molecule has 4 nitrogen and oxygen atoms in total. The Kier molecular flexibility index (Phi) is 6.82. The quantitative estimate of drug-likeness (QED) is 0.557. The highest BCUT2D eigenvalue weighted by atomic mass is 32.1. The summed E-state index contributed by atoms with van der Waals surface area (Å²) in [6.45, 7) is 3.28. The number of aryl methyl sites for hydroxylation is 1. The molecule has 5 heteroatoms. The first kappa shape index (κ1) is 19.4. The van der Waals surface area contributed by atoms with Crippen LogP contribution in [-0.2, 0) is 20.7 Å². The second-order valence-corrected chi connectivity index (χ2v) is 7.87. The number of piperidine rings is 1. The topological polar surface area (TPSA) is 46.6 Å². The Bertz CT molecular complexity index is 789. The van der Waals surface area contributed by atoms with Crippen LogP contribution in [0.1, 0.15) is 28.8 Å². The molecule has 0 atom stereocenters. The third-order valence-corrected chi connectivity index (χ3v) is 5.93. The number of hydrogen-bond donors (Lipinski definition) is 0. The number of esters is 1. The van der Waals surface area contributed by atoms with Gasteiger partial charge in [0, 0.05) is 24.0 Å². The smallest absolute Gasteiger partial charge is 0.331 e. The van der Waals surface area contributed by atoms with E-state index in [0.717, 1.165) is 42.8 Å². The van der Waals surface area contributed by atoms with Crippen LogP contribution in [-0.4, -0.2) is 36.5 Å². The van der Waals surface area contributed by atoms with Crippen molar-refractivity contribution in [3.63, 3.8) is 0 Å². The molecular weight excluding hydrogens is 358 g/mol. The Hall–Kier alpha value is -2.40. The SMILES string of the molecule is Cc1ccsc1/C=C/C(=O)OCC(=O)N1CCC(Cc2ccccc2)CC1. The van der Waals surface area contributed by atoms with E-state index in [1.54, 1.807) is 17.4 Å². The molecular formula is C22H25NO3S. The molecule has 0 bridgehead atoms. The molecule has 1 aromatic heterocycles. The zero-order valence-corrected chi connectivity index (χ0v) is 16.4. The monoisotopic (exact) mass is 383 g/mol. The number of likely N-dealkylation sites (tertiary alicyclic amines) is 1. The number of nitrogens with zero attached hydrogens (tertiary/aromatic N) is 1. The van der Waals surface area contributed by atoms with Gasteiger partial charge in [-0.05, 0) is 60.8 Å². The summed E-state index contributed by atoms with van der Waals surface area (Å²) in [4.78, 5) is 26.9.